The summed E-state index contributed by atoms with van der Waals surface area (Å²) < 4.78 is 0. The summed E-state index contributed by atoms with van der Waals surface area (Å²) in [5.41, 5.74) is 11.9. The van der Waals surface area contributed by atoms with Gasteiger partial charge in [-0.1, -0.05) is 20.3 Å². The number of imidazole rings is 1. The molecule has 10 N–H and O–H groups in total. The molecule has 1 heterocycles. The molecular formula is C20H35N7O6. The molecule has 0 bridgehead atoms. The molecule has 1 aromatic rings. The third-order valence-electron chi connectivity index (χ3n) is 4.96. The molecule has 0 spiro atoms. The van der Waals surface area contributed by atoms with Gasteiger partial charge in [-0.25, -0.2) is 9.78 Å². The van der Waals surface area contributed by atoms with Gasteiger partial charge in [-0.05, 0) is 25.3 Å². The van der Waals surface area contributed by atoms with Crippen LogP contribution in [0, 0.1) is 5.92 Å². The Labute approximate surface area is 192 Å². The number of nitrogens with zero attached hydrogens (tertiary/aromatic N) is 1. The summed E-state index contributed by atoms with van der Waals surface area (Å²) in [7, 11) is 0. The van der Waals surface area contributed by atoms with Crippen molar-refractivity contribution in [2.24, 2.45) is 17.4 Å². The third kappa shape index (κ3) is 9.55. The summed E-state index contributed by atoms with van der Waals surface area (Å²) in [6, 6.07) is -4.52. The van der Waals surface area contributed by atoms with E-state index in [2.05, 4.69) is 25.9 Å². The Balaban J connectivity index is 2.93. The van der Waals surface area contributed by atoms with E-state index in [1.165, 1.54) is 12.5 Å². The van der Waals surface area contributed by atoms with Crippen LogP contribution in [0.15, 0.2) is 12.5 Å². The number of hydrogen-bond acceptors (Lipinski definition) is 8. The average Bonchev–Trinajstić information content (AvgIpc) is 3.27. The molecule has 0 aliphatic carbocycles. The summed E-state index contributed by atoms with van der Waals surface area (Å²) >= 11 is 0. The van der Waals surface area contributed by atoms with Gasteiger partial charge in [0.25, 0.3) is 0 Å². The van der Waals surface area contributed by atoms with Gasteiger partial charge >= 0.3 is 5.97 Å². The predicted octanol–water partition coefficient (Wildman–Crippen LogP) is -2.40. The fourth-order valence-electron chi connectivity index (χ4n) is 2.98. The zero-order valence-corrected chi connectivity index (χ0v) is 18.9. The molecule has 0 aliphatic rings. The fourth-order valence-corrected chi connectivity index (χ4v) is 2.98. The highest BCUT2D eigenvalue weighted by Gasteiger charge is 2.31. The van der Waals surface area contributed by atoms with Crippen LogP contribution in [0.2, 0.25) is 0 Å². The second-order valence-corrected chi connectivity index (χ2v) is 8.05. The van der Waals surface area contributed by atoms with Crippen molar-refractivity contribution < 1.29 is 29.4 Å². The minimum Gasteiger partial charge on any atom is -0.480 e. The molecule has 0 aromatic carbocycles. The van der Waals surface area contributed by atoms with Crippen LogP contribution >= 0.6 is 0 Å². The zero-order chi connectivity index (χ0) is 25.0. The van der Waals surface area contributed by atoms with E-state index in [0.29, 0.717) is 25.1 Å². The van der Waals surface area contributed by atoms with Crippen molar-refractivity contribution in [1.82, 2.24) is 25.9 Å². The standard InChI is InChI=1S/C20H35N7O6/c1-11(2)16(27-17(29)13(22)5-3-4-6-21)19(31)25-14(7-12-8-23-10-24-12)18(30)26-15(9-28)20(32)33/h8,10-11,13-16,28H,3-7,9,21-22H2,1-2H3,(H,23,24)(H,25,31)(H,26,30)(H,27,29)(H,32,33). The van der Waals surface area contributed by atoms with Gasteiger partial charge < -0.3 is 42.6 Å². The number of aliphatic hydroxyl groups is 1. The number of carboxylic acid groups (broad SMARTS) is 1. The molecule has 1 aromatic heterocycles. The number of amides is 3. The number of carboxylic acids is 1. The number of carbonyl (C=O) groups excluding carboxylic acids is 3. The fraction of sp³-hybridized carbons (Fsp3) is 0.650. The second-order valence-electron chi connectivity index (χ2n) is 8.05. The van der Waals surface area contributed by atoms with Gasteiger partial charge in [-0.2, -0.15) is 0 Å². The largest absolute Gasteiger partial charge is 0.480 e. The Morgan fingerprint density at radius 1 is 1.06 bits per heavy atom. The van der Waals surface area contributed by atoms with Gasteiger partial charge in [-0.15, -0.1) is 0 Å². The van der Waals surface area contributed by atoms with Crippen molar-refractivity contribution in [2.75, 3.05) is 13.2 Å². The lowest BCUT2D eigenvalue weighted by atomic mass is 10.0. The molecule has 13 heteroatoms. The minimum absolute atomic E-state index is 0.0211. The Morgan fingerprint density at radius 2 is 1.73 bits per heavy atom. The molecule has 3 amide bonds. The van der Waals surface area contributed by atoms with Gasteiger partial charge in [0.1, 0.15) is 18.1 Å². The van der Waals surface area contributed by atoms with E-state index >= 15 is 0 Å². The first-order valence-electron chi connectivity index (χ1n) is 10.8. The van der Waals surface area contributed by atoms with Crippen molar-refractivity contribution in [3.05, 3.63) is 18.2 Å². The lowest BCUT2D eigenvalue weighted by Gasteiger charge is -2.26. The van der Waals surface area contributed by atoms with Crippen LogP contribution < -0.4 is 27.4 Å². The topological polar surface area (TPSA) is 226 Å². The summed E-state index contributed by atoms with van der Waals surface area (Å²) in [5, 5.41) is 25.6. The van der Waals surface area contributed by atoms with E-state index in [1.807, 2.05) is 0 Å². The summed E-state index contributed by atoms with van der Waals surface area (Å²) in [4.78, 5) is 56.0. The molecule has 0 saturated heterocycles. The first-order chi connectivity index (χ1) is 15.6. The van der Waals surface area contributed by atoms with Crippen LogP contribution in [0.1, 0.15) is 38.8 Å². The number of aliphatic hydroxyl groups excluding tert-OH is 1. The number of carbonyl (C=O) groups is 4. The number of nitrogens with one attached hydrogen (secondary N) is 4. The van der Waals surface area contributed by atoms with E-state index in [4.69, 9.17) is 16.6 Å². The van der Waals surface area contributed by atoms with Crippen LogP contribution in [-0.4, -0.2) is 81.2 Å². The van der Waals surface area contributed by atoms with Crippen LogP contribution in [0.25, 0.3) is 0 Å². The van der Waals surface area contributed by atoms with Gasteiger partial charge in [0, 0.05) is 18.3 Å². The third-order valence-corrected chi connectivity index (χ3v) is 4.96. The Kier molecular flexibility index (Phi) is 12.0. The number of nitrogens with two attached hydrogens (primary N) is 2. The lowest BCUT2D eigenvalue weighted by Crippen LogP contribution is -2.59. The van der Waals surface area contributed by atoms with E-state index in [9.17, 15) is 24.3 Å². The van der Waals surface area contributed by atoms with Gasteiger partial charge in [0.15, 0.2) is 0 Å². The molecule has 0 fully saturated rings. The summed E-state index contributed by atoms with van der Waals surface area (Å²) in [6.07, 6.45) is 4.64. The Hall–Kier alpha value is -3.03. The van der Waals surface area contributed by atoms with E-state index < -0.39 is 54.5 Å². The first-order valence-corrected chi connectivity index (χ1v) is 10.8. The number of H-pyrrole nitrogens is 1. The maximum atomic E-state index is 13.0. The Morgan fingerprint density at radius 3 is 2.24 bits per heavy atom. The molecule has 0 saturated carbocycles. The Bertz CT molecular complexity index is 771. The smallest absolute Gasteiger partial charge is 0.328 e. The van der Waals surface area contributed by atoms with E-state index in [-0.39, 0.29) is 12.3 Å². The van der Waals surface area contributed by atoms with E-state index in [1.54, 1.807) is 13.8 Å². The summed E-state index contributed by atoms with van der Waals surface area (Å²) in [5.74, 6) is -3.70. The molecule has 186 valence electrons. The number of unbranched alkanes of at least 4 members (excludes halogenated alkanes) is 1. The molecule has 33 heavy (non-hydrogen) atoms. The predicted molar refractivity (Wildman–Crippen MR) is 119 cm³/mol. The van der Waals surface area contributed by atoms with E-state index in [0.717, 1.165) is 6.42 Å². The lowest BCUT2D eigenvalue weighted by molar-refractivity contribution is -0.143. The SMILES string of the molecule is CC(C)C(NC(=O)C(N)CCCCN)C(=O)NC(Cc1cnc[nH]1)C(=O)NC(CO)C(=O)O. The van der Waals surface area contributed by atoms with Gasteiger partial charge in [0.05, 0.1) is 19.0 Å². The van der Waals surface area contributed by atoms with Crippen molar-refractivity contribution in [2.45, 2.75) is 63.7 Å². The molecular weight excluding hydrogens is 434 g/mol. The highest BCUT2D eigenvalue weighted by Crippen LogP contribution is 2.07. The van der Waals surface area contributed by atoms with Crippen LogP contribution in [0.4, 0.5) is 0 Å². The monoisotopic (exact) mass is 469 g/mol. The number of hydrogen-bond donors (Lipinski definition) is 8. The zero-order valence-electron chi connectivity index (χ0n) is 18.9. The number of aromatic amines is 1. The van der Waals surface area contributed by atoms with Crippen LogP contribution in [0.3, 0.4) is 0 Å². The van der Waals surface area contributed by atoms with Crippen LogP contribution in [0.5, 0.6) is 0 Å². The second kappa shape index (κ2) is 14.2. The minimum atomic E-state index is -1.54. The first kappa shape index (κ1) is 28.0. The molecule has 0 radical (unpaired) electrons. The summed E-state index contributed by atoms with van der Waals surface area (Å²) in [6.45, 7) is 3.12. The van der Waals surface area contributed by atoms with Crippen molar-refractivity contribution in [3.8, 4) is 0 Å². The van der Waals surface area contributed by atoms with Crippen molar-refractivity contribution in [1.29, 1.82) is 0 Å². The highest BCUT2D eigenvalue weighted by atomic mass is 16.4. The molecule has 4 unspecified atom stereocenters. The molecule has 4 atom stereocenters. The number of rotatable bonds is 15. The average molecular weight is 470 g/mol. The molecule has 1 rings (SSSR count). The maximum Gasteiger partial charge on any atom is 0.328 e. The van der Waals surface area contributed by atoms with Crippen molar-refractivity contribution in [3.63, 3.8) is 0 Å². The van der Waals surface area contributed by atoms with Crippen LogP contribution in [-0.2, 0) is 25.6 Å². The number of aromatic nitrogens is 2. The molecule has 0 aliphatic heterocycles. The normalized spacial score (nSPS) is 14.7. The van der Waals surface area contributed by atoms with Crippen molar-refractivity contribution >= 4 is 23.7 Å². The van der Waals surface area contributed by atoms with Gasteiger partial charge in [0.2, 0.25) is 17.7 Å². The maximum absolute atomic E-state index is 13.0. The quantitative estimate of drug-likeness (QED) is 0.128. The highest BCUT2D eigenvalue weighted by molar-refractivity contribution is 5.94. The van der Waals surface area contributed by atoms with Gasteiger partial charge in [-0.3, -0.25) is 14.4 Å². The number of aliphatic carboxylic acids is 1. The molecule has 13 nitrogen and oxygen atoms in total.